The van der Waals surface area contributed by atoms with Gasteiger partial charge in [-0.15, -0.1) is 0 Å². The molecule has 0 bridgehead atoms. The molecule has 3 N–H and O–H groups in total. The van der Waals surface area contributed by atoms with Crippen LogP contribution in [0.1, 0.15) is 69.3 Å². The second kappa shape index (κ2) is 9.92. The Labute approximate surface area is 213 Å². The highest BCUT2D eigenvalue weighted by Gasteiger charge is 2.42. The minimum Gasteiger partial charge on any atom is -0.444 e. The summed E-state index contributed by atoms with van der Waals surface area (Å²) in [6.45, 7) is 12.3. The highest BCUT2D eigenvalue weighted by Crippen LogP contribution is 2.48. The van der Waals surface area contributed by atoms with Crippen LogP contribution in [0.2, 0.25) is 0 Å². The normalized spacial score (nSPS) is 17.3. The van der Waals surface area contributed by atoms with Crippen LogP contribution < -0.4 is 11.1 Å². The van der Waals surface area contributed by atoms with E-state index in [1.165, 1.54) is 5.56 Å². The number of carbonyl (C=O) groups excluding carboxylic acids is 2. The van der Waals surface area contributed by atoms with E-state index in [-0.39, 0.29) is 17.7 Å². The molecule has 6 nitrogen and oxygen atoms in total. The molecule has 1 aliphatic rings. The fraction of sp³-hybridized carbons (Fsp3) is 0.433. The van der Waals surface area contributed by atoms with Crippen molar-refractivity contribution < 1.29 is 14.3 Å². The number of primary amides is 1. The van der Waals surface area contributed by atoms with Gasteiger partial charge in [0.15, 0.2) is 0 Å². The zero-order valence-electron chi connectivity index (χ0n) is 22.1. The predicted molar refractivity (Wildman–Crippen MR) is 144 cm³/mol. The monoisotopic (exact) mass is 487 g/mol. The zero-order valence-corrected chi connectivity index (χ0v) is 22.1. The Hall–Kier alpha value is -3.41. The van der Waals surface area contributed by atoms with E-state index in [0.717, 1.165) is 51.7 Å². The number of fused-ring (bicyclic) bond motifs is 1. The molecule has 1 aromatic heterocycles. The lowest BCUT2D eigenvalue weighted by Gasteiger charge is -2.22. The first kappa shape index (κ1) is 25.7. The molecule has 6 heteroatoms. The van der Waals surface area contributed by atoms with Crippen LogP contribution in [-0.4, -0.2) is 22.6 Å². The molecule has 2 unspecified atom stereocenters. The fourth-order valence-electron chi connectivity index (χ4n) is 4.75. The average Bonchev–Trinajstić information content (AvgIpc) is 3.57. The third kappa shape index (κ3) is 5.86. The van der Waals surface area contributed by atoms with Gasteiger partial charge in [0.25, 0.3) is 0 Å². The quantitative estimate of drug-likeness (QED) is 0.426. The Morgan fingerprint density at radius 2 is 1.83 bits per heavy atom. The molecule has 1 fully saturated rings. The molecule has 1 heterocycles. The summed E-state index contributed by atoms with van der Waals surface area (Å²) in [6.07, 6.45) is 1.12. The van der Waals surface area contributed by atoms with Crippen LogP contribution in [0.4, 0.5) is 4.79 Å². The van der Waals surface area contributed by atoms with Gasteiger partial charge in [-0.1, -0.05) is 49.7 Å². The first-order valence-corrected chi connectivity index (χ1v) is 12.7. The molecule has 36 heavy (non-hydrogen) atoms. The van der Waals surface area contributed by atoms with Crippen molar-refractivity contribution in [2.24, 2.45) is 17.6 Å². The van der Waals surface area contributed by atoms with Crippen molar-refractivity contribution in [2.45, 2.75) is 72.4 Å². The van der Waals surface area contributed by atoms with Crippen molar-refractivity contribution in [3.63, 3.8) is 0 Å². The van der Waals surface area contributed by atoms with E-state index in [9.17, 15) is 9.59 Å². The summed E-state index contributed by atoms with van der Waals surface area (Å²) >= 11 is 0. The Kier molecular flexibility index (Phi) is 7.07. The minimum absolute atomic E-state index is 0.105. The van der Waals surface area contributed by atoms with Gasteiger partial charge in [0.1, 0.15) is 5.60 Å². The van der Waals surface area contributed by atoms with E-state index in [0.29, 0.717) is 12.5 Å². The average molecular weight is 488 g/mol. The number of hydrogen-bond acceptors (Lipinski definition) is 4. The van der Waals surface area contributed by atoms with Gasteiger partial charge in [-0.2, -0.15) is 0 Å². The van der Waals surface area contributed by atoms with Crippen LogP contribution in [0.25, 0.3) is 22.0 Å². The van der Waals surface area contributed by atoms with E-state index in [1.54, 1.807) is 0 Å². The molecule has 190 valence electrons. The summed E-state index contributed by atoms with van der Waals surface area (Å²) in [6, 6.07) is 14.7. The van der Waals surface area contributed by atoms with Crippen molar-refractivity contribution in [1.29, 1.82) is 0 Å². The van der Waals surface area contributed by atoms with Gasteiger partial charge in [0, 0.05) is 29.1 Å². The fourth-order valence-corrected chi connectivity index (χ4v) is 4.75. The van der Waals surface area contributed by atoms with Crippen LogP contribution >= 0.6 is 0 Å². The molecule has 1 saturated carbocycles. The number of alkyl carbamates (subject to hydrolysis) is 1. The highest BCUT2D eigenvalue weighted by atomic mass is 16.6. The van der Waals surface area contributed by atoms with Crippen LogP contribution in [0.3, 0.4) is 0 Å². The van der Waals surface area contributed by atoms with Crippen molar-refractivity contribution >= 4 is 22.9 Å². The molecule has 2 aromatic carbocycles. The number of nitrogens with zero attached hydrogens (tertiary/aromatic N) is 1. The molecule has 0 radical (unpaired) electrons. The van der Waals surface area contributed by atoms with E-state index in [1.807, 2.05) is 26.8 Å². The largest absolute Gasteiger partial charge is 0.444 e. The number of pyridine rings is 1. The van der Waals surface area contributed by atoms with E-state index < -0.39 is 11.7 Å². The first-order chi connectivity index (χ1) is 16.9. The third-order valence-electron chi connectivity index (χ3n) is 6.53. The molecule has 0 spiro atoms. The van der Waals surface area contributed by atoms with Crippen LogP contribution in [0, 0.1) is 18.8 Å². The Bertz CT molecular complexity index is 1290. The van der Waals surface area contributed by atoms with Gasteiger partial charge in [-0.3, -0.25) is 9.78 Å². The number of hydrogen-bond donors (Lipinski definition) is 2. The molecule has 2 amide bonds. The van der Waals surface area contributed by atoms with Gasteiger partial charge in [0.05, 0.1) is 5.52 Å². The molecular weight excluding hydrogens is 450 g/mol. The SMILES string of the molecule is Cc1ccc(-c2c(CNC(=O)OC(C)(C)C)c(CC(C)C)nc3ccc(C4CC4C(N)=O)cc23)cc1. The van der Waals surface area contributed by atoms with Crippen molar-refractivity contribution in [1.82, 2.24) is 10.3 Å². The topological polar surface area (TPSA) is 94.3 Å². The van der Waals surface area contributed by atoms with Gasteiger partial charge >= 0.3 is 6.09 Å². The maximum Gasteiger partial charge on any atom is 0.407 e. The summed E-state index contributed by atoms with van der Waals surface area (Å²) < 4.78 is 5.51. The summed E-state index contributed by atoms with van der Waals surface area (Å²) in [5.41, 5.74) is 12.3. The van der Waals surface area contributed by atoms with Gasteiger partial charge < -0.3 is 15.8 Å². The van der Waals surface area contributed by atoms with Crippen molar-refractivity contribution in [3.8, 4) is 11.1 Å². The maximum atomic E-state index is 12.6. The number of nitrogens with two attached hydrogens (primary N) is 1. The predicted octanol–water partition coefficient (Wildman–Crippen LogP) is 6.02. The Balaban J connectivity index is 1.87. The summed E-state index contributed by atoms with van der Waals surface area (Å²) in [4.78, 5) is 29.4. The van der Waals surface area contributed by atoms with E-state index in [4.69, 9.17) is 15.5 Å². The lowest BCUT2D eigenvalue weighted by molar-refractivity contribution is -0.119. The number of ether oxygens (including phenoxy) is 1. The number of benzene rings is 2. The smallest absolute Gasteiger partial charge is 0.407 e. The summed E-state index contributed by atoms with van der Waals surface area (Å²) in [5, 5.41) is 3.98. The van der Waals surface area contributed by atoms with Crippen molar-refractivity contribution in [3.05, 3.63) is 64.8 Å². The van der Waals surface area contributed by atoms with Crippen LogP contribution in [0.15, 0.2) is 42.5 Å². The van der Waals surface area contributed by atoms with E-state index >= 15 is 0 Å². The second-order valence-corrected chi connectivity index (χ2v) is 11.4. The molecule has 0 aliphatic heterocycles. The van der Waals surface area contributed by atoms with E-state index in [2.05, 4.69) is 62.5 Å². The minimum atomic E-state index is -0.581. The van der Waals surface area contributed by atoms with Gasteiger partial charge in [-0.25, -0.2) is 4.79 Å². The zero-order chi connectivity index (χ0) is 26.2. The molecule has 1 aliphatic carbocycles. The number of aryl methyl sites for hydroxylation is 1. The lowest BCUT2D eigenvalue weighted by Crippen LogP contribution is -2.32. The molecule has 4 rings (SSSR count). The molecule has 0 saturated heterocycles. The van der Waals surface area contributed by atoms with Crippen molar-refractivity contribution in [2.75, 3.05) is 0 Å². The third-order valence-corrected chi connectivity index (χ3v) is 6.53. The lowest BCUT2D eigenvalue weighted by atomic mass is 9.90. The maximum absolute atomic E-state index is 12.6. The molecule has 2 atom stereocenters. The Morgan fingerprint density at radius 3 is 2.42 bits per heavy atom. The Morgan fingerprint density at radius 1 is 1.14 bits per heavy atom. The number of amides is 2. The highest BCUT2D eigenvalue weighted by molar-refractivity contribution is 5.97. The summed E-state index contributed by atoms with van der Waals surface area (Å²) in [5.74, 6) is 0.192. The van der Waals surface area contributed by atoms with Crippen LogP contribution in [-0.2, 0) is 22.5 Å². The number of carbonyl (C=O) groups is 2. The number of nitrogens with one attached hydrogen (secondary N) is 1. The van der Waals surface area contributed by atoms with Crippen LogP contribution in [0.5, 0.6) is 0 Å². The first-order valence-electron chi connectivity index (χ1n) is 12.7. The number of aromatic nitrogens is 1. The standard InChI is InChI=1S/C30H37N3O3/c1-17(2)13-26-24(16-32-29(35)36-30(4,5)6)27(19-9-7-18(3)8-10-19)23-14-20(11-12-25(23)33-26)21-15-22(21)28(31)34/h7-12,14,17,21-22H,13,15-16H2,1-6H3,(H2,31,34)(H,32,35). The second-order valence-electron chi connectivity index (χ2n) is 11.4. The summed E-state index contributed by atoms with van der Waals surface area (Å²) in [7, 11) is 0. The molecule has 3 aromatic rings. The molecular formula is C30H37N3O3. The van der Waals surface area contributed by atoms with Gasteiger partial charge in [-0.05, 0) is 81.2 Å². The number of rotatable bonds is 7. The van der Waals surface area contributed by atoms with Gasteiger partial charge in [0.2, 0.25) is 5.91 Å².